The Labute approximate surface area is 123 Å². The van der Waals surface area contributed by atoms with E-state index in [9.17, 15) is 9.36 Å². The zero-order chi connectivity index (χ0) is 15.5. The first-order valence-electron chi connectivity index (χ1n) is 7.45. The molecular formula is C17H27O2P. The van der Waals surface area contributed by atoms with Crippen LogP contribution in [0.25, 0.3) is 0 Å². The van der Waals surface area contributed by atoms with Crippen molar-refractivity contribution in [1.82, 2.24) is 0 Å². The fourth-order valence-electron chi connectivity index (χ4n) is 2.69. The Bertz CT molecular complexity index is 521. The van der Waals surface area contributed by atoms with Crippen LogP contribution < -0.4 is 0 Å². The Kier molecular flexibility index (Phi) is 5.77. The Hall–Kier alpha value is -0.880. The van der Waals surface area contributed by atoms with E-state index in [0.717, 1.165) is 29.5 Å². The fraction of sp³-hybridized carbons (Fsp3) is 0.588. The van der Waals surface area contributed by atoms with E-state index in [0.29, 0.717) is 11.7 Å². The summed E-state index contributed by atoms with van der Waals surface area (Å²) in [5, 5.41) is 0. The number of hydrogen-bond acceptors (Lipinski definition) is 2. The van der Waals surface area contributed by atoms with Crippen LogP contribution in [0.1, 0.15) is 60.7 Å². The molecule has 20 heavy (non-hydrogen) atoms. The summed E-state index contributed by atoms with van der Waals surface area (Å²) in [7, 11) is -2.83. The summed E-state index contributed by atoms with van der Waals surface area (Å²) in [6.07, 6.45) is 2.35. The van der Waals surface area contributed by atoms with Crippen LogP contribution in [0.4, 0.5) is 0 Å². The van der Waals surface area contributed by atoms with Crippen molar-refractivity contribution in [2.24, 2.45) is 0 Å². The molecule has 0 saturated heterocycles. The first kappa shape index (κ1) is 17.2. The van der Waals surface area contributed by atoms with Crippen molar-refractivity contribution in [2.45, 2.75) is 60.0 Å². The quantitative estimate of drug-likeness (QED) is 0.665. The van der Waals surface area contributed by atoms with Gasteiger partial charge in [0.15, 0.2) is 7.14 Å². The van der Waals surface area contributed by atoms with Crippen molar-refractivity contribution in [3.8, 4) is 0 Å². The number of benzene rings is 1. The summed E-state index contributed by atoms with van der Waals surface area (Å²) in [4.78, 5) is 12.9. The summed E-state index contributed by atoms with van der Waals surface area (Å²) in [6, 6.07) is 4.01. The average Bonchev–Trinajstić information content (AvgIpc) is 2.34. The molecule has 0 saturated carbocycles. The van der Waals surface area contributed by atoms with Gasteiger partial charge in [-0.2, -0.15) is 0 Å². The molecule has 0 bridgehead atoms. The van der Waals surface area contributed by atoms with Gasteiger partial charge in [0.25, 0.3) is 0 Å². The Morgan fingerprint density at radius 3 is 2.05 bits per heavy atom. The molecule has 0 amide bonds. The summed E-state index contributed by atoms with van der Waals surface area (Å²) >= 11 is 0. The topological polar surface area (TPSA) is 34.1 Å². The van der Waals surface area contributed by atoms with Gasteiger partial charge in [-0.15, -0.1) is 0 Å². The Morgan fingerprint density at radius 2 is 1.65 bits per heavy atom. The molecule has 112 valence electrons. The molecule has 1 aromatic rings. The van der Waals surface area contributed by atoms with Crippen molar-refractivity contribution in [2.75, 3.05) is 6.16 Å². The second-order valence-electron chi connectivity index (χ2n) is 6.05. The molecule has 1 unspecified atom stereocenters. The highest BCUT2D eigenvalue weighted by molar-refractivity contribution is 7.81. The summed E-state index contributed by atoms with van der Waals surface area (Å²) in [5.41, 5.74) is 3.53. The van der Waals surface area contributed by atoms with Gasteiger partial charge in [0, 0.05) is 17.4 Å². The lowest BCUT2D eigenvalue weighted by molar-refractivity contribution is 0.107. The van der Waals surface area contributed by atoms with Crippen molar-refractivity contribution in [1.29, 1.82) is 0 Å². The van der Waals surface area contributed by atoms with Crippen LogP contribution in [0.2, 0.25) is 0 Å². The second kappa shape index (κ2) is 6.72. The van der Waals surface area contributed by atoms with Crippen molar-refractivity contribution in [3.05, 3.63) is 34.4 Å². The predicted molar refractivity (Wildman–Crippen MR) is 87.5 cm³/mol. The van der Waals surface area contributed by atoms with Crippen LogP contribution in [0.5, 0.6) is 0 Å². The van der Waals surface area contributed by atoms with Gasteiger partial charge in [0.05, 0.1) is 0 Å². The van der Waals surface area contributed by atoms with Gasteiger partial charge in [-0.1, -0.05) is 44.9 Å². The summed E-state index contributed by atoms with van der Waals surface area (Å²) in [5.74, 6) is 0. The molecule has 0 N–H and O–H groups in total. The van der Waals surface area contributed by atoms with Crippen LogP contribution in [0, 0.1) is 20.8 Å². The molecule has 3 heteroatoms. The molecule has 2 nitrogen and oxygen atoms in total. The molecule has 0 aromatic heterocycles. The molecule has 0 heterocycles. The molecular weight excluding hydrogens is 267 g/mol. The van der Waals surface area contributed by atoms with Crippen LogP contribution in [-0.2, 0) is 4.57 Å². The van der Waals surface area contributed by atoms with Crippen LogP contribution in [-0.4, -0.2) is 17.3 Å². The molecule has 0 aliphatic carbocycles. The van der Waals surface area contributed by atoms with Crippen LogP contribution in [0.3, 0.4) is 0 Å². The lowest BCUT2D eigenvalue weighted by Gasteiger charge is -2.22. The fourth-order valence-corrected chi connectivity index (χ4v) is 5.40. The van der Waals surface area contributed by atoms with Gasteiger partial charge < -0.3 is 4.57 Å². The van der Waals surface area contributed by atoms with Crippen molar-refractivity contribution in [3.63, 3.8) is 0 Å². The lowest BCUT2D eigenvalue weighted by Crippen LogP contribution is -2.15. The minimum Gasteiger partial charge on any atom is -0.315 e. The second-order valence-corrected chi connectivity index (χ2v) is 9.52. The summed E-state index contributed by atoms with van der Waals surface area (Å²) in [6.45, 7) is 11.8. The number of rotatable bonds is 6. The third-order valence-electron chi connectivity index (χ3n) is 3.91. The molecule has 0 aliphatic rings. The highest BCUT2D eigenvalue weighted by atomic mass is 31.2. The molecule has 0 spiro atoms. The van der Waals surface area contributed by atoms with E-state index in [2.05, 4.69) is 6.92 Å². The van der Waals surface area contributed by atoms with Crippen molar-refractivity contribution < 1.29 is 9.36 Å². The Balaban J connectivity index is 3.31. The number of carbonyl (C=O) groups is 1. The maximum Gasteiger partial charge on any atom is 0.222 e. The normalized spacial score (nSPS) is 14.3. The molecule has 1 aromatic carbocycles. The lowest BCUT2D eigenvalue weighted by atomic mass is 10.0. The van der Waals surface area contributed by atoms with Gasteiger partial charge in [0.1, 0.15) is 0 Å². The minimum atomic E-state index is -2.83. The zero-order valence-corrected chi connectivity index (χ0v) is 14.5. The van der Waals surface area contributed by atoms with Crippen molar-refractivity contribution >= 4 is 12.7 Å². The minimum absolute atomic E-state index is 0.0818. The number of unbranched alkanes of at least 4 members (excludes halogenated alkanes) is 1. The van der Waals surface area contributed by atoms with Gasteiger partial charge in [-0.05, 0) is 38.3 Å². The van der Waals surface area contributed by atoms with E-state index in [1.54, 1.807) is 0 Å². The van der Waals surface area contributed by atoms with Gasteiger partial charge in [0.2, 0.25) is 5.52 Å². The van der Waals surface area contributed by atoms with E-state index in [-0.39, 0.29) is 11.2 Å². The summed E-state index contributed by atoms with van der Waals surface area (Å²) < 4.78 is 13.2. The number of aryl methyl sites for hydroxylation is 3. The van der Waals surface area contributed by atoms with Gasteiger partial charge >= 0.3 is 0 Å². The molecule has 0 aliphatic heterocycles. The van der Waals surface area contributed by atoms with Gasteiger partial charge in [-0.3, -0.25) is 4.79 Å². The first-order valence-corrected chi connectivity index (χ1v) is 9.41. The standard InChI is InChI=1S/C17H27O2P/c1-7-8-9-20(19,12(2)3)17(18)16-14(5)10-13(4)11-15(16)6/h10-12H,7-9H2,1-6H3. The maximum atomic E-state index is 13.2. The van der Waals surface area contributed by atoms with E-state index in [1.165, 1.54) is 0 Å². The predicted octanol–water partition coefficient (Wildman–Crippen LogP) is 5.32. The largest absolute Gasteiger partial charge is 0.315 e. The third kappa shape index (κ3) is 3.41. The van der Waals surface area contributed by atoms with E-state index >= 15 is 0 Å². The average molecular weight is 294 g/mol. The molecule has 0 radical (unpaired) electrons. The SMILES string of the molecule is CCCCP(=O)(C(=O)c1c(C)cc(C)cc1C)C(C)C. The van der Waals surface area contributed by atoms with Crippen LogP contribution >= 0.6 is 7.14 Å². The van der Waals surface area contributed by atoms with E-state index in [4.69, 9.17) is 0 Å². The molecule has 0 fully saturated rings. The highest BCUT2D eigenvalue weighted by Gasteiger charge is 2.36. The first-order chi connectivity index (χ1) is 9.24. The van der Waals surface area contributed by atoms with Gasteiger partial charge in [-0.25, -0.2) is 0 Å². The smallest absolute Gasteiger partial charge is 0.222 e. The molecule has 1 rings (SSSR count). The Morgan fingerprint density at radius 1 is 1.15 bits per heavy atom. The van der Waals surface area contributed by atoms with E-state index in [1.807, 2.05) is 46.8 Å². The zero-order valence-electron chi connectivity index (χ0n) is 13.6. The monoisotopic (exact) mass is 294 g/mol. The van der Waals surface area contributed by atoms with E-state index < -0.39 is 7.14 Å². The molecule has 1 atom stereocenters. The van der Waals surface area contributed by atoms with Crippen LogP contribution in [0.15, 0.2) is 12.1 Å². The third-order valence-corrected chi connectivity index (χ3v) is 7.47. The maximum absolute atomic E-state index is 13.2. The highest BCUT2D eigenvalue weighted by Crippen LogP contribution is 2.54. The number of hydrogen-bond donors (Lipinski definition) is 0. The number of carbonyl (C=O) groups excluding carboxylic acids is 1.